The molecule has 0 aromatic heterocycles. The van der Waals surface area contributed by atoms with Crippen LogP contribution in [0.25, 0.3) is 0 Å². The molecule has 8 nitrogen and oxygen atoms in total. The summed E-state index contributed by atoms with van der Waals surface area (Å²) in [6, 6.07) is 25.4. The summed E-state index contributed by atoms with van der Waals surface area (Å²) in [5, 5.41) is 16.3. The Kier molecular flexibility index (Phi) is 12.9. The van der Waals surface area contributed by atoms with Crippen molar-refractivity contribution in [3.63, 3.8) is 0 Å². The number of carbonyl (C=O) groups excluding carboxylic acids is 4. The molecule has 2 N–H and O–H groups in total. The fourth-order valence-electron chi connectivity index (χ4n) is 5.84. The van der Waals surface area contributed by atoms with E-state index in [2.05, 4.69) is 5.32 Å². The second kappa shape index (κ2) is 17.3. The molecule has 0 fully saturated rings. The zero-order valence-corrected chi connectivity index (χ0v) is 30.0. The van der Waals surface area contributed by atoms with Crippen molar-refractivity contribution in [1.29, 1.82) is 0 Å². The van der Waals surface area contributed by atoms with Gasteiger partial charge in [-0.15, -0.1) is 0 Å². The van der Waals surface area contributed by atoms with Crippen LogP contribution in [-0.2, 0) is 28.9 Å². The van der Waals surface area contributed by atoms with Crippen molar-refractivity contribution in [2.45, 2.75) is 44.2 Å². The molecular weight excluding hydrogens is 720 g/mol. The van der Waals surface area contributed by atoms with E-state index < -0.39 is 29.9 Å². The first-order valence-electron chi connectivity index (χ1n) is 16.1. The number of hydrogen-bond acceptors (Lipinski definition) is 5. The van der Waals surface area contributed by atoms with E-state index in [-0.39, 0.29) is 44.8 Å². The fourth-order valence-corrected chi connectivity index (χ4v) is 6.66. The van der Waals surface area contributed by atoms with Gasteiger partial charge in [0.2, 0.25) is 11.8 Å². The highest BCUT2D eigenvalue weighted by Gasteiger charge is 2.35. The van der Waals surface area contributed by atoms with Gasteiger partial charge in [-0.2, -0.15) is 0 Å². The Morgan fingerprint density at radius 2 is 1.42 bits per heavy atom. The number of aliphatic hydroxyl groups excluding tert-OH is 1. The van der Waals surface area contributed by atoms with E-state index in [9.17, 15) is 24.3 Å². The smallest absolute Gasteiger partial charge is 0.261 e. The Balaban J connectivity index is 1.29. The minimum absolute atomic E-state index is 0.0817. The monoisotopic (exact) mass is 753 g/mol. The van der Waals surface area contributed by atoms with Crippen LogP contribution in [-0.4, -0.2) is 70.3 Å². The topological polar surface area (TPSA) is 107 Å². The SMILES string of the molecule is O=C(CCN1C(=O)c2ccccc2C1=O)NC(Cc1ccccc1)C(O)CN(CCc1ccc(Cl)cc1Cl)C(=O)CCc1ccc(Cl)c(Cl)c1. The summed E-state index contributed by atoms with van der Waals surface area (Å²) in [6.45, 7) is 0.0411. The van der Waals surface area contributed by atoms with Gasteiger partial charge in [0.25, 0.3) is 11.8 Å². The van der Waals surface area contributed by atoms with Crippen LogP contribution < -0.4 is 5.32 Å². The standard InChI is InChI=1S/C38H35Cl4N3O5/c39-27-13-12-26(31(41)22-27)16-18-44(36(48)15-11-25-10-14-30(40)32(42)20-25)23-34(46)33(21-24-6-2-1-3-7-24)43-35(47)17-19-45-37(49)28-8-4-5-9-29(28)38(45)50/h1-10,12-14,20,22,33-34,46H,11,15-19,21,23H2,(H,43,47). The van der Waals surface area contributed by atoms with Crippen molar-refractivity contribution in [3.8, 4) is 0 Å². The number of nitrogens with one attached hydrogen (secondary N) is 1. The summed E-state index contributed by atoms with van der Waals surface area (Å²) in [7, 11) is 0. The number of nitrogens with zero attached hydrogens (tertiary/aromatic N) is 2. The summed E-state index contributed by atoms with van der Waals surface area (Å²) in [4.78, 5) is 55.3. The number of fused-ring (bicyclic) bond motifs is 1. The van der Waals surface area contributed by atoms with E-state index in [0.717, 1.165) is 21.6 Å². The highest BCUT2D eigenvalue weighted by atomic mass is 35.5. The maximum Gasteiger partial charge on any atom is 0.261 e. The van der Waals surface area contributed by atoms with E-state index in [4.69, 9.17) is 46.4 Å². The molecule has 2 unspecified atom stereocenters. The van der Waals surface area contributed by atoms with Crippen LogP contribution >= 0.6 is 46.4 Å². The number of aliphatic hydroxyl groups is 1. The second-order valence-corrected chi connectivity index (χ2v) is 13.7. The van der Waals surface area contributed by atoms with Gasteiger partial charge in [-0.1, -0.05) is 101 Å². The van der Waals surface area contributed by atoms with E-state index in [1.54, 1.807) is 59.5 Å². The minimum Gasteiger partial charge on any atom is -0.389 e. The molecule has 0 radical (unpaired) electrons. The first kappa shape index (κ1) is 37.3. The average molecular weight is 756 g/mol. The number of carbonyl (C=O) groups is 4. The van der Waals surface area contributed by atoms with Crippen LogP contribution in [0.1, 0.15) is 50.2 Å². The maximum atomic E-state index is 13.7. The Morgan fingerprint density at radius 1 is 0.740 bits per heavy atom. The highest BCUT2D eigenvalue weighted by Crippen LogP contribution is 2.25. The summed E-state index contributed by atoms with van der Waals surface area (Å²) >= 11 is 24.8. The molecule has 0 spiro atoms. The Hall–Kier alpha value is -3.92. The van der Waals surface area contributed by atoms with Crippen molar-refractivity contribution < 1.29 is 24.3 Å². The largest absolute Gasteiger partial charge is 0.389 e. The van der Waals surface area contributed by atoms with Gasteiger partial charge in [-0.3, -0.25) is 24.1 Å². The van der Waals surface area contributed by atoms with Crippen LogP contribution in [0.3, 0.4) is 0 Å². The van der Waals surface area contributed by atoms with Gasteiger partial charge in [0, 0.05) is 42.5 Å². The quantitative estimate of drug-likeness (QED) is 0.126. The van der Waals surface area contributed by atoms with Crippen molar-refractivity contribution in [2.24, 2.45) is 0 Å². The zero-order valence-electron chi connectivity index (χ0n) is 27.0. The van der Waals surface area contributed by atoms with Crippen LogP contribution in [0.2, 0.25) is 20.1 Å². The van der Waals surface area contributed by atoms with Gasteiger partial charge < -0.3 is 15.3 Å². The number of aryl methyl sites for hydroxylation is 1. The third kappa shape index (κ3) is 9.65. The number of rotatable bonds is 15. The van der Waals surface area contributed by atoms with Gasteiger partial charge in [0.15, 0.2) is 0 Å². The van der Waals surface area contributed by atoms with Gasteiger partial charge in [0.1, 0.15) is 0 Å². The molecule has 5 rings (SSSR count). The third-order valence-electron chi connectivity index (χ3n) is 8.59. The molecule has 0 saturated carbocycles. The van der Waals surface area contributed by atoms with Crippen LogP contribution in [0.15, 0.2) is 91.0 Å². The summed E-state index contributed by atoms with van der Waals surface area (Å²) < 4.78 is 0. The number of amides is 4. The van der Waals surface area contributed by atoms with E-state index >= 15 is 0 Å². The molecule has 0 aliphatic carbocycles. The van der Waals surface area contributed by atoms with Gasteiger partial charge in [-0.25, -0.2) is 0 Å². The molecule has 4 aromatic carbocycles. The molecule has 260 valence electrons. The lowest BCUT2D eigenvalue weighted by Gasteiger charge is -2.31. The third-order valence-corrected chi connectivity index (χ3v) is 9.91. The lowest BCUT2D eigenvalue weighted by Crippen LogP contribution is -2.51. The van der Waals surface area contributed by atoms with Crippen LogP contribution in [0, 0.1) is 0 Å². The van der Waals surface area contributed by atoms with Crippen molar-refractivity contribution >= 4 is 70.0 Å². The predicted octanol–water partition coefficient (Wildman–Crippen LogP) is 7.08. The highest BCUT2D eigenvalue weighted by molar-refractivity contribution is 6.42. The van der Waals surface area contributed by atoms with Crippen molar-refractivity contribution in [1.82, 2.24) is 15.1 Å². The van der Waals surface area contributed by atoms with E-state index in [1.807, 2.05) is 36.4 Å². The summed E-state index contributed by atoms with van der Waals surface area (Å²) in [5.41, 5.74) is 3.09. The number of imide groups is 1. The Bertz CT molecular complexity index is 1840. The van der Waals surface area contributed by atoms with Gasteiger partial charge in [-0.05, 0) is 72.4 Å². The molecule has 50 heavy (non-hydrogen) atoms. The minimum atomic E-state index is -1.17. The zero-order chi connectivity index (χ0) is 35.8. The van der Waals surface area contributed by atoms with E-state index in [0.29, 0.717) is 44.1 Å². The van der Waals surface area contributed by atoms with Gasteiger partial charge >= 0.3 is 0 Å². The number of benzene rings is 4. The lowest BCUT2D eigenvalue weighted by molar-refractivity contribution is -0.133. The Labute approximate surface area is 310 Å². The molecule has 1 aliphatic heterocycles. The Morgan fingerprint density at radius 3 is 2.08 bits per heavy atom. The molecule has 0 bridgehead atoms. The van der Waals surface area contributed by atoms with Crippen molar-refractivity contribution in [2.75, 3.05) is 19.6 Å². The van der Waals surface area contributed by atoms with Crippen LogP contribution in [0.4, 0.5) is 0 Å². The van der Waals surface area contributed by atoms with E-state index in [1.165, 1.54) is 0 Å². The number of hydrogen-bond donors (Lipinski definition) is 2. The normalized spacial score (nSPS) is 13.6. The average Bonchev–Trinajstić information content (AvgIpc) is 3.35. The summed E-state index contributed by atoms with van der Waals surface area (Å²) in [5.74, 6) is -1.56. The first-order valence-corrected chi connectivity index (χ1v) is 17.6. The molecule has 1 heterocycles. The molecule has 2 atom stereocenters. The fraction of sp³-hybridized carbons (Fsp3) is 0.263. The van der Waals surface area contributed by atoms with Crippen molar-refractivity contribution in [3.05, 3.63) is 139 Å². The molecule has 0 saturated heterocycles. The maximum absolute atomic E-state index is 13.7. The first-order chi connectivity index (χ1) is 24.0. The molecule has 1 aliphatic rings. The molecular formula is C38H35Cl4N3O5. The molecule has 12 heteroatoms. The molecule has 4 amide bonds. The molecule has 4 aromatic rings. The lowest BCUT2D eigenvalue weighted by atomic mass is 10.00. The van der Waals surface area contributed by atoms with Crippen LogP contribution in [0.5, 0.6) is 0 Å². The number of halogens is 4. The second-order valence-electron chi connectivity index (χ2n) is 12.1. The summed E-state index contributed by atoms with van der Waals surface area (Å²) in [6.07, 6.45) is -0.133. The van der Waals surface area contributed by atoms with Gasteiger partial charge in [0.05, 0.1) is 33.3 Å². The predicted molar refractivity (Wildman–Crippen MR) is 196 cm³/mol.